The zero-order valence-corrected chi connectivity index (χ0v) is 12.6. The number of nitrogens with zero attached hydrogens (tertiary/aromatic N) is 1. The lowest BCUT2D eigenvalue weighted by Gasteiger charge is -2.26. The van der Waals surface area contributed by atoms with Crippen LogP contribution in [-0.4, -0.2) is 35.2 Å². The lowest BCUT2D eigenvalue weighted by atomic mass is 9.77. The van der Waals surface area contributed by atoms with Crippen molar-refractivity contribution in [3.63, 3.8) is 0 Å². The summed E-state index contributed by atoms with van der Waals surface area (Å²) in [4.78, 5) is 26.8. The Morgan fingerprint density at radius 2 is 2.14 bits per heavy atom. The van der Waals surface area contributed by atoms with Crippen molar-refractivity contribution in [2.45, 2.75) is 18.6 Å². The highest BCUT2D eigenvalue weighted by Gasteiger charge is 2.67. The SMILES string of the molecule is Cc1ccc(Cl)cc1N1C(=O)[C@@H]2[C@@H]3C=C[C@@](CO)(O3)[C@@H]2C1=O. The van der Waals surface area contributed by atoms with Gasteiger partial charge in [0.05, 0.1) is 30.2 Å². The molecule has 4 atom stereocenters. The molecule has 1 aromatic carbocycles. The van der Waals surface area contributed by atoms with E-state index in [1.54, 1.807) is 30.4 Å². The van der Waals surface area contributed by atoms with Crippen molar-refractivity contribution in [1.82, 2.24) is 0 Å². The van der Waals surface area contributed by atoms with Crippen molar-refractivity contribution in [1.29, 1.82) is 0 Å². The molecule has 0 aromatic heterocycles. The van der Waals surface area contributed by atoms with Crippen molar-refractivity contribution < 1.29 is 19.4 Å². The van der Waals surface area contributed by atoms with Crippen LogP contribution in [0.25, 0.3) is 0 Å². The van der Waals surface area contributed by atoms with Crippen LogP contribution in [0, 0.1) is 18.8 Å². The zero-order chi connectivity index (χ0) is 15.6. The van der Waals surface area contributed by atoms with Gasteiger partial charge >= 0.3 is 0 Å². The van der Waals surface area contributed by atoms with Crippen LogP contribution in [0.5, 0.6) is 0 Å². The second-order valence-electron chi connectivity index (χ2n) is 6.00. The summed E-state index contributed by atoms with van der Waals surface area (Å²) in [5.41, 5.74) is 0.235. The highest BCUT2D eigenvalue weighted by atomic mass is 35.5. The van der Waals surface area contributed by atoms with Crippen LogP contribution in [0.2, 0.25) is 5.02 Å². The number of rotatable bonds is 2. The molecule has 114 valence electrons. The molecular weight excluding hydrogens is 306 g/mol. The number of aliphatic hydroxyl groups is 1. The smallest absolute Gasteiger partial charge is 0.241 e. The fourth-order valence-electron chi connectivity index (χ4n) is 3.74. The zero-order valence-electron chi connectivity index (χ0n) is 11.8. The van der Waals surface area contributed by atoms with Crippen molar-refractivity contribution >= 4 is 29.1 Å². The second kappa shape index (κ2) is 4.41. The number of benzene rings is 1. The number of aryl methyl sites for hydroxylation is 1. The average molecular weight is 320 g/mol. The number of fused-ring (bicyclic) bond motifs is 5. The van der Waals surface area contributed by atoms with E-state index in [4.69, 9.17) is 16.3 Å². The molecule has 2 fully saturated rings. The fraction of sp³-hybridized carbons (Fsp3) is 0.375. The molecule has 2 saturated heterocycles. The first kappa shape index (κ1) is 13.9. The summed E-state index contributed by atoms with van der Waals surface area (Å²) in [6.07, 6.45) is 3.02. The van der Waals surface area contributed by atoms with E-state index in [1.807, 2.05) is 6.92 Å². The summed E-state index contributed by atoms with van der Waals surface area (Å²) < 4.78 is 5.70. The van der Waals surface area contributed by atoms with Gasteiger partial charge in [-0.25, -0.2) is 4.90 Å². The highest BCUT2D eigenvalue weighted by Crippen LogP contribution is 2.52. The Hall–Kier alpha value is -1.69. The number of hydrogen-bond acceptors (Lipinski definition) is 4. The maximum Gasteiger partial charge on any atom is 0.241 e. The van der Waals surface area contributed by atoms with Crippen LogP contribution in [0.3, 0.4) is 0 Å². The number of ether oxygens (including phenoxy) is 1. The van der Waals surface area contributed by atoms with Gasteiger partial charge in [-0.05, 0) is 24.6 Å². The Morgan fingerprint density at radius 3 is 2.86 bits per heavy atom. The normalized spacial score (nSPS) is 35.6. The van der Waals surface area contributed by atoms with E-state index in [0.717, 1.165) is 5.56 Å². The number of carbonyl (C=O) groups is 2. The highest BCUT2D eigenvalue weighted by molar-refractivity contribution is 6.31. The molecular formula is C16H14ClNO4. The number of carbonyl (C=O) groups excluding carboxylic acids is 2. The lowest BCUT2D eigenvalue weighted by molar-refractivity contribution is -0.128. The van der Waals surface area contributed by atoms with Gasteiger partial charge in [0, 0.05) is 5.02 Å². The summed E-state index contributed by atoms with van der Waals surface area (Å²) in [5.74, 6) is -1.85. The molecule has 0 aliphatic carbocycles. The number of anilines is 1. The van der Waals surface area contributed by atoms with Gasteiger partial charge in [-0.15, -0.1) is 0 Å². The number of aliphatic hydroxyl groups excluding tert-OH is 1. The summed E-state index contributed by atoms with van der Waals surface area (Å²) in [6.45, 7) is 1.51. The second-order valence-corrected chi connectivity index (χ2v) is 6.44. The molecule has 3 aliphatic rings. The lowest BCUT2D eigenvalue weighted by Crippen LogP contribution is -2.43. The first-order chi connectivity index (χ1) is 10.5. The third kappa shape index (κ3) is 1.56. The summed E-state index contributed by atoms with van der Waals surface area (Å²) in [7, 11) is 0. The monoisotopic (exact) mass is 319 g/mol. The molecule has 2 amide bonds. The number of imide groups is 1. The molecule has 5 nitrogen and oxygen atoms in total. The van der Waals surface area contributed by atoms with Gasteiger partial charge < -0.3 is 9.84 Å². The standard InChI is InChI=1S/C16H14ClNO4/c1-8-2-3-9(17)6-10(8)18-14(20)12-11-4-5-16(7-19,22-11)13(12)15(18)21/h2-6,11-13,19H,7H2,1H3/t11-,12+,13-,16-/m0/s1. The average Bonchev–Trinajstić information content (AvgIpc) is 3.14. The Balaban J connectivity index is 1.81. The van der Waals surface area contributed by atoms with E-state index in [-0.39, 0.29) is 18.4 Å². The minimum absolute atomic E-state index is 0.287. The van der Waals surface area contributed by atoms with E-state index in [1.165, 1.54) is 4.90 Å². The summed E-state index contributed by atoms with van der Waals surface area (Å²) in [5, 5.41) is 10.1. The minimum Gasteiger partial charge on any atom is -0.393 e. The van der Waals surface area contributed by atoms with Gasteiger partial charge in [0.1, 0.15) is 5.60 Å². The number of amides is 2. The topological polar surface area (TPSA) is 66.8 Å². The van der Waals surface area contributed by atoms with Crippen LogP contribution in [-0.2, 0) is 14.3 Å². The van der Waals surface area contributed by atoms with Gasteiger partial charge in [0.15, 0.2) is 0 Å². The van der Waals surface area contributed by atoms with E-state index < -0.39 is 23.5 Å². The molecule has 0 radical (unpaired) electrons. The minimum atomic E-state index is -1.07. The number of hydrogen-bond donors (Lipinski definition) is 1. The third-order valence-electron chi connectivity index (χ3n) is 4.81. The van der Waals surface area contributed by atoms with Crippen molar-refractivity contribution in [2.24, 2.45) is 11.8 Å². The first-order valence-corrected chi connectivity index (χ1v) is 7.48. The molecule has 4 rings (SSSR count). The van der Waals surface area contributed by atoms with E-state index >= 15 is 0 Å². The maximum absolute atomic E-state index is 12.9. The Labute approximate surface area is 132 Å². The fourth-order valence-corrected chi connectivity index (χ4v) is 3.91. The van der Waals surface area contributed by atoms with Gasteiger partial charge in [0.25, 0.3) is 0 Å². The van der Waals surface area contributed by atoms with Crippen LogP contribution >= 0.6 is 11.6 Å². The summed E-state index contributed by atoms with van der Waals surface area (Å²) in [6, 6.07) is 5.11. The van der Waals surface area contributed by atoms with Crippen molar-refractivity contribution in [2.75, 3.05) is 11.5 Å². The maximum atomic E-state index is 12.9. The van der Waals surface area contributed by atoms with Crippen LogP contribution in [0.4, 0.5) is 5.69 Å². The molecule has 1 aromatic rings. The van der Waals surface area contributed by atoms with E-state index in [9.17, 15) is 14.7 Å². The van der Waals surface area contributed by atoms with Crippen molar-refractivity contribution in [3.8, 4) is 0 Å². The molecule has 2 bridgehead atoms. The Bertz CT molecular complexity index is 731. The molecule has 0 unspecified atom stereocenters. The van der Waals surface area contributed by atoms with Gasteiger partial charge in [-0.2, -0.15) is 0 Å². The largest absolute Gasteiger partial charge is 0.393 e. The third-order valence-corrected chi connectivity index (χ3v) is 5.05. The number of halogens is 1. The predicted octanol–water partition coefficient (Wildman–Crippen LogP) is 1.45. The van der Waals surface area contributed by atoms with Gasteiger partial charge in [-0.3, -0.25) is 9.59 Å². The Morgan fingerprint density at radius 1 is 1.36 bits per heavy atom. The first-order valence-electron chi connectivity index (χ1n) is 7.10. The molecule has 3 aliphatic heterocycles. The quantitative estimate of drug-likeness (QED) is 0.662. The van der Waals surface area contributed by atoms with Crippen molar-refractivity contribution in [3.05, 3.63) is 40.9 Å². The van der Waals surface area contributed by atoms with Gasteiger partial charge in [-0.1, -0.05) is 29.8 Å². The predicted molar refractivity (Wildman–Crippen MR) is 79.5 cm³/mol. The molecule has 3 heterocycles. The van der Waals surface area contributed by atoms with Crippen LogP contribution in [0.15, 0.2) is 30.4 Å². The van der Waals surface area contributed by atoms with Gasteiger partial charge in [0.2, 0.25) is 11.8 Å². The molecule has 22 heavy (non-hydrogen) atoms. The van der Waals surface area contributed by atoms with E-state index in [2.05, 4.69) is 0 Å². The molecule has 1 N–H and O–H groups in total. The summed E-state index contributed by atoms with van der Waals surface area (Å²) >= 11 is 6.01. The molecule has 0 spiro atoms. The molecule has 6 heteroatoms. The van der Waals surface area contributed by atoms with E-state index in [0.29, 0.717) is 10.7 Å². The van der Waals surface area contributed by atoms with Crippen LogP contribution < -0.4 is 4.90 Å². The van der Waals surface area contributed by atoms with Crippen LogP contribution in [0.1, 0.15) is 5.56 Å². The molecule has 0 saturated carbocycles. The Kier molecular flexibility index (Phi) is 2.79.